The minimum Gasteiger partial charge on any atom is -0.481 e. The lowest BCUT2D eigenvalue weighted by molar-refractivity contribution is -0.146. The predicted octanol–water partition coefficient (Wildman–Crippen LogP) is 2.10. The van der Waals surface area contributed by atoms with Gasteiger partial charge in [0.25, 0.3) is 0 Å². The van der Waals surface area contributed by atoms with Crippen molar-refractivity contribution >= 4 is 11.9 Å². The number of carbonyl (C=O) groups is 2. The van der Waals surface area contributed by atoms with Gasteiger partial charge in [0.15, 0.2) is 0 Å². The number of carboxylic acid groups (broad SMARTS) is 1. The van der Waals surface area contributed by atoms with Crippen LogP contribution >= 0.6 is 0 Å². The Morgan fingerprint density at radius 1 is 1.48 bits per heavy atom. The summed E-state index contributed by atoms with van der Waals surface area (Å²) in [4.78, 5) is 25.0. The second-order valence-electron chi connectivity index (χ2n) is 6.06. The number of hydrogen-bond donors (Lipinski definition) is 1. The fourth-order valence-corrected chi connectivity index (χ4v) is 2.91. The molecule has 1 aliphatic rings. The van der Waals surface area contributed by atoms with Gasteiger partial charge in [0.2, 0.25) is 5.91 Å². The molecule has 1 amide bonds. The van der Waals surface area contributed by atoms with Crippen LogP contribution in [0.5, 0.6) is 0 Å². The summed E-state index contributed by atoms with van der Waals surface area (Å²) in [5.74, 6) is -1.23. The van der Waals surface area contributed by atoms with E-state index >= 15 is 0 Å². The molecule has 1 heterocycles. The molecular formula is C17H22FNO4. The maximum atomic E-state index is 13.2. The number of rotatable bonds is 6. The van der Waals surface area contributed by atoms with Gasteiger partial charge in [0.05, 0.1) is 25.7 Å². The van der Waals surface area contributed by atoms with Crippen LogP contribution in [-0.4, -0.2) is 47.7 Å². The Morgan fingerprint density at radius 3 is 2.96 bits per heavy atom. The van der Waals surface area contributed by atoms with Crippen LogP contribution in [0.1, 0.15) is 25.3 Å². The maximum absolute atomic E-state index is 13.2. The van der Waals surface area contributed by atoms with Crippen molar-refractivity contribution < 1.29 is 23.8 Å². The van der Waals surface area contributed by atoms with Crippen molar-refractivity contribution in [2.45, 2.75) is 32.2 Å². The van der Waals surface area contributed by atoms with E-state index in [0.29, 0.717) is 26.0 Å². The molecule has 0 radical (unpaired) electrons. The maximum Gasteiger partial charge on any atom is 0.305 e. The van der Waals surface area contributed by atoms with E-state index in [1.54, 1.807) is 11.0 Å². The molecule has 5 nitrogen and oxygen atoms in total. The van der Waals surface area contributed by atoms with Crippen LogP contribution in [0.2, 0.25) is 0 Å². The molecular weight excluding hydrogens is 301 g/mol. The molecule has 1 aromatic rings. The first-order valence-electron chi connectivity index (χ1n) is 7.79. The highest BCUT2D eigenvalue weighted by Gasteiger charge is 2.29. The third-order valence-corrected chi connectivity index (χ3v) is 3.95. The predicted molar refractivity (Wildman–Crippen MR) is 82.5 cm³/mol. The largest absolute Gasteiger partial charge is 0.481 e. The van der Waals surface area contributed by atoms with Crippen LogP contribution in [-0.2, 0) is 20.7 Å². The number of ether oxygens (including phenoxy) is 1. The summed E-state index contributed by atoms with van der Waals surface area (Å²) < 4.78 is 18.5. The lowest BCUT2D eigenvalue weighted by Crippen LogP contribution is -2.49. The Hall–Kier alpha value is -1.95. The standard InChI is InChI=1S/C17H22FNO4/c1-12(7-13-3-2-4-14(18)9-13)8-16(20)19-5-6-23-11-15(19)10-17(21)22/h2-4,9,12,15H,5-8,10-11H2,1H3,(H,21,22). The molecule has 0 aromatic heterocycles. The van der Waals surface area contributed by atoms with E-state index in [0.717, 1.165) is 5.56 Å². The van der Waals surface area contributed by atoms with Crippen LogP contribution < -0.4 is 0 Å². The Labute approximate surface area is 135 Å². The van der Waals surface area contributed by atoms with E-state index in [4.69, 9.17) is 9.84 Å². The monoisotopic (exact) mass is 323 g/mol. The number of carbonyl (C=O) groups excluding carboxylic acids is 1. The van der Waals surface area contributed by atoms with Gasteiger partial charge in [0.1, 0.15) is 5.82 Å². The summed E-state index contributed by atoms with van der Waals surface area (Å²) in [7, 11) is 0. The number of benzene rings is 1. The molecule has 126 valence electrons. The van der Waals surface area contributed by atoms with Gasteiger partial charge in [-0.25, -0.2) is 4.39 Å². The highest BCUT2D eigenvalue weighted by Crippen LogP contribution is 2.18. The zero-order valence-corrected chi connectivity index (χ0v) is 13.2. The van der Waals surface area contributed by atoms with Crippen molar-refractivity contribution in [1.29, 1.82) is 0 Å². The fraction of sp³-hybridized carbons (Fsp3) is 0.529. The highest BCUT2D eigenvalue weighted by molar-refractivity contribution is 5.78. The molecule has 2 atom stereocenters. The Bertz CT molecular complexity index is 563. The zero-order chi connectivity index (χ0) is 16.8. The number of morpholine rings is 1. The van der Waals surface area contributed by atoms with Gasteiger partial charge in [-0.05, 0) is 30.0 Å². The third kappa shape index (κ3) is 5.32. The minimum absolute atomic E-state index is 0.0534. The van der Waals surface area contributed by atoms with Crippen LogP contribution in [0.25, 0.3) is 0 Å². The molecule has 1 aromatic carbocycles. The van der Waals surface area contributed by atoms with Gasteiger partial charge in [-0.15, -0.1) is 0 Å². The van der Waals surface area contributed by atoms with E-state index in [1.807, 2.05) is 13.0 Å². The third-order valence-electron chi connectivity index (χ3n) is 3.95. The number of halogens is 1. The van der Waals surface area contributed by atoms with E-state index in [2.05, 4.69) is 0 Å². The molecule has 0 spiro atoms. The van der Waals surface area contributed by atoms with Crippen molar-refractivity contribution in [3.8, 4) is 0 Å². The van der Waals surface area contributed by atoms with E-state index in [1.165, 1.54) is 12.1 Å². The molecule has 0 saturated carbocycles. The van der Waals surface area contributed by atoms with E-state index < -0.39 is 12.0 Å². The van der Waals surface area contributed by atoms with E-state index in [-0.39, 0.29) is 30.7 Å². The summed E-state index contributed by atoms with van der Waals surface area (Å²) in [5, 5.41) is 8.94. The lowest BCUT2D eigenvalue weighted by Gasteiger charge is -2.35. The second kappa shape index (κ2) is 8.06. The van der Waals surface area contributed by atoms with Crippen molar-refractivity contribution in [3.63, 3.8) is 0 Å². The molecule has 1 fully saturated rings. The van der Waals surface area contributed by atoms with Gasteiger partial charge < -0.3 is 14.7 Å². The van der Waals surface area contributed by atoms with Crippen molar-refractivity contribution in [2.24, 2.45) is 5.92 Å². The average molecular weight is 323 g/mol. The smallest absolute Gasteiger partial charge is 0.305 e. The average Bonchev–Trinajstić information content (AvgIpc) is 2.46. The van der Waals surface area contributed by atoms with Crippen LogP contribution in [0.4, 0.5) is 4.39 Å². The topological polar surface area (TPSA) is 66.8 Å². The summed E-state index contributed by atoms with van der Waals surface area (Å²) in [5.41, 5.74) is 0.856. The quantitative estimate of drug-likeness (QED) is 0.870. The van der Waals surface area contributed by atoms with Crippen molar-refractivity contribution in [1.82, 2.24) is 4.90 Å². The molecule has 1 saturated heterocycles. The molecule has 6 heteroatoms. The fourth-order valence-electron chi connectivity index (χ4n) is 2.91. The number of nitrogens with zero attached hydrogens (tertiary/aromatic N) is 1. The van der Waals surface area contributed by atoms with Crippen LogP contribution in [0.3, 0.4) is 0 Å². The lowest BCUT2D eigenvalue weighted by atomic mass is 9.97. The Morgan fingerprint density at radius 2 is 2.26 bits per heavy atom. The van der Waals surface area contributed by atoms with Gasteiger partial charge in [0, 0.05) is 13.0 Å². The molecule has 2 unspecified atom stereocenters. The molecule has 0 aliphatic carbocycles. The zero-order valence-electron chi connectivity index (χ0n) is 13.2. The summed E-state index contributed by atoms with van der Waals surface area (Å²) in [6.45, 7) is 3.05. The number of hydrogen-bond acceptors (Lipinski definition) is 3. The van der Waals surface area contributed by atoms with Crippen LogP contribution in [0, 0.1) is 11.7 Å². The molecule has 2 rings (SSSR count). The van der Waals surface area contributed by atoms with Gasteiger partial charge in [-0.2, -0.15) is 0 Å². The van der Waals surface area contributed by atoms with Gasteiger partial charge in [-0.3, -0.25) is 9.59 Å². The molecule has 23 heavy (non-hydrogen) atoms. The molecule has 1 N–H and O–H groups in total. The van der Waals surface area contributed by atoms with Crippen molar-refractivity contribution in [2.75, 3.05) is 19.8 Å². The van der Waals surface area contributed by atoms with E-state index in [9.17, 15) is 14.0 Å². The SMILES string of the molecule is CC(CC(=O)N1CCOCC1CC(=O)O)Cc1cccc(F)c1. The van der Waals surface area contributed by atoms with Crippen molar-refractivity contribution in [3.05, 3.63) is 35.6 Å². The highest BCUT2D eigenvalue weighted by atomic mass is 19.1. The number of carboxylic acids is 1. The Kier molecular flexibility index (Phi) is 6.10. The molecule has 0 bridgehead atoms. The molecule has 1 aliphatic heterocycles. The summed E-state index contributed by atoms with van der Waals surface area (Å²) >= 11 is 0. The van der Waals surface area contributed by atoms with Crippen LogP contribution in [0.15, 0.2) is 24.3 Å². The number of aliphatic carboxylic acids is 1. The number of amides is 1. The first-order valence-corrected chi connectivity index (χ1v) is 7.79. The second-order valence-corrected chi connectivity index (χ2v) is 6.06. The summed E-state index contributed by atoms with van der Waals surface area (Å²) in [6, 6.07) is 5.96. The normalized spacial score (nSPS) is 19.4. The first kappa shape index (κ1) is 17.4. The Balaban J connectivity index is 1.92. The van der Waals surface area contributed by atoms with Gasteiger partial charge in [-0.1, -0.05) is 19.1 Å². The first-order chi connectivity index (χ1) is 11.0. The van der Waals surface area contributed by atoms with Gasteiger partial charge >= 0.3 is 5.97 Å². The summed E-state index contributed by atoms with van der Waals surface area (Å²) in [6.07, 6.45) is 0.814. The minimum atomic E-state index is -0.939.